The lowest BCUT2D eigenvalue weighted by molar-refractivity contribution is 0.588. The second kappa shape index (κ2) is 8.30. The van der Waals surface area contributed by atoms with Crippen LogP contribution in [0.5, 0.6) is 0 Å². The van der Waals surface area contributed by atoms with E-state index in [1.807, 2.05) is 0 Å². The van der Waals surface area contributed by atoms with E-state index in [-0.39, 0.29) is 22.3 Å². The fraction of sp³-hybridized carbons (Fsp3) is 0.222. The van der Waals surface area contributed by atoms with Crippen LogP contribution in [0.4, 0.5) is 5.69 Å². The predicted octanol–water partition coefficient (Wildman–Crippen LogP) is 4.67. The third-order valence-electron chi connectivity index (χ3n) is 4.60. The molecule has 0 spiro atoms. The molecule has 150 valence electrons. The largest absolute Gasteiger partial charge is 0.367 e. The Morgan fingerprint density at radius 2 is 1.68 bits per heavy atom. The van der Waals surface area contributed by atoms with E-state index >= 15 is 0 Å². The summed E-state index contributed by atoms with van der Waals surface area (Å²) in [4.78, 5) is 2.25. The fourth-order valence-corrected chi connectivity index (χ4v) is 5.77. The van der Waals surface area contributed by atoms with E-state index in [1.54, 1.807) is 24.3 Å². The Balaban J connectivity index is 0.00000225. The van der Waals surface area contributed by atoms with Gasteiger partial charge >= 0.3 is 0 Å². The van der Waals surface area contributed by atoms with Crippen molar-refractivity contribution in [3.05, 3.63) is 57.7 Å². The number of piperazine rings is 1. The van der Waals surface area contributed by atoms with E-state index in [1.165, 1.54) is 22.3 Å². The first-order valence-electron chi connectivity index (χ1n) is 8.35. The van der Waals surface area contributed by atoms with Crippen LogP contribution >= 0.6 is 47.2 Å². The monoisotopic (exact) mass is 479 g/mol. The van der Waals surface area contributed by atoms with Crippen LogP contribution in [0.1, 0.15) is 0 Å². The van der Waals surface area contributed by atoms with E-state index in [0.717, 1.165) is 31.9 Å². The molecular weight excluding hydrogens is 464 g/mol. The molecule has 0 bridgehead atoms. The molecule has 5 nitrogen and oxygen atoms in total. The Morgan fingerprint density at radius 3 is 2.36 bits per heavy atom. The predicted molar refractivity (Wildman–Crippen MR) is 118 cm³/mol. The van der Waals surface area contributed by atoms with Crippen molar-refractivity contribution in [2.75, 3.05) is 31.1 Å². The normalized spacial score (nSPS) is 14.9. The summed E-state index contributed by atoms with van der Waals surface area (Å²) in [5, 5.41) is 5.14. The van der Waals surface area contributed by atoms with Gasteiger partial charge in [-0.2, -0.15) is 0 Å². The van der Waals surface area contributed by atoms with Crippen molar-refractivity contribution in [1.82, 2.24) is 9.29 Å². The van der Waals surface area contributed by atoms with Crippen molar-refractivity contribution in [2.24, 2.45) is 0 Å². The van der Waals surface area contributed by atoms with Gasteiger partial charge in [0.15, 0.2) is 0 Å². The highest BCUT2D eigenvalue weighted by atomic mass is 35.5. The maximum atomic E-state index is 13.2. The maximum Gasteiger partial charge on any atom is 0.268 e. The van der Waals surface area contributed by atoms with E-state index in [2.05, 4.69) is 10.2 Å². The van der Waals surface area contributed by atoms with Gasteiger partial charge in [0.05, 0.1) is 26.1 Å². The van der Waals surface area contributed by atoms with E-state index in [0.29, 0.717) is 20.9 Å². The molecule has 10 heteroatoms. The quantitative estimate of drug-likeness (QED) is 0.591. The summed E-state index contributed by atoms with van der Waals surface area (Å²) in [5.41, 5.74) is 1.21. The summed E-state index contributed by atoms with van der Waals surface area (Å²) in [6.45, 7) is 3.23. The van der Waals surface area contributed by atoms with Gasteiger partial charge < -0.3 is 10.2 Å². The van der Waals surface area contributed by atoms with Crippen LogP contribution in [0, 0.1) is 0 Å². The van der Waals surface area contributed by atoms with Gasteiger partial charge in [0.25, 0.3) is 10.0 Å². The molecule has 3 aromatic rings. The van der Waals surface area contributed by atoms with Crippen molar-refractivity contribution < 1.29 is 8.42 Å². The summed E-state index contributed by atoms with van der Waals surface area (Å²) >= 11 is 18.9. The zero-order chi connectivity index (χ0) is 19.2. The van der Waals surface area contributed by atoms with Gasteiger partial charge in [0.1, 0.15) is 0 Å². The van der Waals surface area contributed by atoms with E-state index < -0.39 is 10.0 Å². The van der Waals surface area contributed by atoms with Crippen molar-refractivity contribution in [1.29, 1.82) is 0 Å². The summed E-state index contributed by atoms with van der Waals surface area (Å²) in [5.74, 6) is 0. The average molecular weight is 481 g/mol. The Morgan fingerprint density at radius 1 is 0.964 bits per heavy atom. The molecule has 1 fully saturated rings. The molecule has 1 saturated heterocycles. The molecule has 0 aliphatic carbocycles. The average Bonchev–Trinajstić information content (AvgIpc) is 3.09. The molecule has 0 amide bonds. The Kier molecular flexibility index (Phi) is 6.39. The van der Waals surface area contributed by atoms with Crippen LogP contribution in [0.2, 0.25) is 15.1 Å². The zero-order valence-corrected chi connectivity index (χ0v) is 18.4. The maximum absolute atomic E-state index is 13.2. The van der Waals surface area contributed by atoms with Gasteiger partial charge in [0.2, 0.25) is 0 Å². The number of hydrogen-bond acceptors (Lipinski definition) is 4. The van der Waals surface area contributed by atoms with Crippen LogP contribution < -0.4 is 10.2 Å². The molecule has 0 atom stereocenters. The van der Waals surface area contributed by atoms with Crippen molar-refractivity contribution >= 4 is 73.8 Å². The van der Waals surface area contributed by atoms with Gasteiger partial charge in [0, 0.05) is 42.8 Å². The third-order valence-corrected chi connectivity index (χ3v) is 7.08. The molecule has 2 aromatic carbocycles. The topological polar surface area (TPSA) is 54.3 Å². The molecule has 0 saturated carbocycles. The van der Waals surface area contributed by atoms with Gasteiger partial charge in [-0.25, -0.2) is 12.4 Å². The lowest BCUT2D eigenvalue weighted by atomic mass is 10.2. The number of aromatic nitrogens is 1. The van der Waals surface area contributed by atoms with Gasteiger partial charge in [-0.05, 0) is 30.3 Å². The molecule has 28 heavy (non-hydrogen) atoms. The van der Waals surface area contributed by atoms with E-state index in [9.17, 15) is 8.42 Å². The Hall–Kier alpha value is -1.15. The lowest BCUT2D eigenvalue weighted by Gasteiger charge is -2.31. The number of anilines is 1. The van der Waals surface area contributed by atoms with Crippen LogP contribution in [-0.2, 0) is 10.0 Å². The van der Waals surface area contributed by atoms with Gasteiger partial charge in [-0.15, -0.1) is 12.4 Å². The van der Waals surface area contributed by atoms with Gasteiger partial charge in [-0.3, -0.25) is 0 Å². The van der Waals surface area contributed by atoms with Crippen molar-refractivity contribution in [3.63, 3.8) is 0 Å². The standard InChI is InChI=1S/C18H16Cl3N3O2S.ClH/c19-12-2-1-3-13(10-12)27(25,26)24-7-4-14-17(23-8-5-22-6-9-23)15(20)11-16(21)18(14)24;/h1-4,7,10-11,22H,5-6,8-9H2;1H. The minimum Gasteiger partial charge on any atom is -0.367 e. The molecule has 1 N–H and O–H groups in total. The molecule has 0 unspecified atom stereocenters. The van der Waals surface area contributed by atoms with Crippen LogP contribution in [0.25, 0.3) is 10.9 Å². The minimum atomic E-state index is -3.85. The molecule has 4 rings (SSSR count). The second-order valence-electron chi connectivity index (χ2n) is 6.26. The highest BCUT2D eigenvalue weighted by Crippen LogP contribution is 2.40. The first-order valence-corrected chi connectivity index (χ1v) is 10.9. The smallest absolute Gasteiger partial charge is 0.268 e. The first-order chi connectivity index (χ1) is 12.9. The van der Waals surface area contributed by atoms with Gasteiger partial charge in [-0.1, -0.05) is 40.9 Å². The lowest BCUT2D eigenvalue weighted by Crippen LogP contribution is -2.43. The number of rotatable bonds is 3. The van der Waals surface area contributed by atoms with Crippen molar-refractivity contribution in [3.8, 4) is 0 Å². The molecule has 1 aliphatic heterocycles. The summed E-state index contributed by atoms with van der Waals surface area (Å²) in [6.07, 6.45) is 1.51. The molecular formula is C18H17Cl4N3O2S. The highest BCUT2D eigenvalue weighted by Gasteiger charge is 2.25. The SMILES string of the molecule is Cl.O=S(=O)(c1cccc(Cl)c1)n1ccc2c(N3CCNCC3)c(Cl)cc(Cl)c21. The van der Waals surface area contributed by atoms with Crippen LogP contribution in [0.15, 0.2) is 47.5 Å². The second-order valence-corrected chi connectivity index (χ2v) is 9.33. The summed E-state index contributed by atoms with van der Waals surface area (Å²) in [7, 11) is -3.85. The number of hydrogen-bond donors (Lipinski definition) is 1. The van der Waals surface area contributed by atoms with Crippen LogP contribution in [-0.4, -0.2) is 38.6 Å². The number of fused-ring (bicyclic) bond motifs is 1. The number of halogens is 4. The molecule has 1 aliphatic rings. The Bertz CT molecular complexity index is 1130. The summed E-state index contributed by atoms with van der Waals surface area (Å²) < 4.78 is 27.5. The highest BCUT2D eigenvalue weighted by molar-refractivity contribution is 7.90. The number of nitrogens with zero attached hydrogens (tertiary/aromatic N) is 2. The number of benzene rings is 2. The third kappa shape index (κ3) is 3.70. The minimum absolute atomic E-state index is 0. The first kappa shape index (κ1) is 21.6. The molecule has 2 heterocycles. The van der Waals surface area contributed by atoms with Crippen LogP contribution in [0.3, 0.4) is 0 Å². The molecule has 1 aromatic heterocycles. The number of nitrogens with one attached hydrogen (secondary N) is 1. The van der Waals surface area contributed by atoms with Crippen molar-refractivity contribution in [2.45, 2.75) is 4.90 Å². The summed E-state index contributed by atoms with van der Waals surface area (Å²) in [6, 6.07) is 9.51. The molecule has 0 radical (unpaired) electrons. The Labute approximate surface area is 184 Å². The van der Waals surface area contributed by atoms with E-state index in [4.69, 9.17) is 34.8 Å². The zero-order valence-electron chi connectivity index (χ0n) is 14.5. The fourth-order valence-electron chi connectivity index (χ4n) is 3.37.